The molecule has 0 atom stereocenters. The Hall–Kier alpha value is -2.46. The lowest BCUT2D eigenvalue weighted by atomic mass is 10.0. The number of Topliss-reactive ketones (excluding diaryl/α,β-unsaturated/α-hetero) is 2. The van der Waals surface area contributed by atoms with Crippen LogP contribution in [0.25, 0.3) is 21.8 Å². The number of hydrogen-bond acceptors (Lipinski definition) is 3. The van der Waals surface area contributed by atoms with E-state index >= 15 is 0 Å². The maximum atomic E-state index is 12.3. The summed E-state index contributed by atoms with van der Waals surface area (Å²) in [5, 5.41) is 2.26. The highest BCUT2D eigenvalue weighted by molar-refractivity contribution is 6.16. The predicted octanol–water partition coefficient (Wildman–Crippen LogP) is 4.47. The van der Waals surface area contributed by atoms with Crippen LogP contribution in [0.15, 0.2) is 30.3 Å². The molecule has 2 aromatic carbocycles. The van der Waals surface area contributed by atoms with Crippen molar-refractivity contribution in [2.75, 3.05) is 19.6 Å². The van der Waals surface area contributed by atoms with Gasteiger partial charge in [0, 0.05) is 52.4 Å². The smallest absolute Gasteiger partial charge is 0.163 e. The summed E-state index contributed by atoms with van der Waals surface area (Å²) in [5.74, 6) is 0.309. The first-order valence-corrected chi connectivity index (χ1v) is 9.89. The van der Waals surface area contributed by atoms with E-state index in [-0.39, 0.29) is 11.6 Å². The van der Waals surface area contributed by atoms with Crippen LogP contribution >= 0.6 is 0 Å². The molecule has 4 heteroatoms. The quantitative estimate of drug-likeness (QED) is 0.608. The molecule has 140 valence electrons. The average Bonchev–Trinajstić information content (AvgIpc) is 3.20. The van der Waals surface area contributed by atoms with Crippen LogP contribution in [0.4, 0.5) is 0 Å². The molecule has 0 amide bonds. The third-order valence-electron chi connectivity index (χ3n) is 5.98. The maximum absolute atomic E-state index is 12.3. The zero-order valence-corrected chi connectivity index (χ0v) is 16.3. The van der Waals surface area contributed by atoms with Gasteiger partial charge in [-0.1, -0.05) is 13.8 Å². The first-order valence-electron chi connectivity index (χ1n) is 9.89. The number of carbonyl (C=O) groups is 2. The van der Waals surface area contributed by atoms with Crippen LogP contribution in [0.1, 0.15) is 53.5 Å². The van der Waals surface area contributed by atoms with Crippen molar-refractivity contribution >= 4 is 33.4 Å². The highest BCUT2D eigenvalue weighted by Crippen LogP contribution is 2.37. The Kier molecular flexibility index (Phi) is 4.60. The van der Waals surface area contributed by atoms with Crippen LogP contribution < -0.4 is 0 Å². The summed E-state index contributed by atoms with van der Waals surface area (Å²) in [6, 6.07) is 10.1. The van der Waals surface area contributed by atoms with Crippen molar-refractivity contribution in [2.24, 2.45) is 0 Å². The SMILES string of the molecule is CCN(CC)CCn1c2ccc(C(C)=O)cc2c2c3c(ccc21)C(=O)CC3. The molecule has 0 aliphatic heterocycles. The number of fused-ring (bicyclic) bond motifs is 5. The van der Waals surface area contributed by atoms with E-state index in [9.17, 15) is 9.59 Å². The number of rotatable bonds is 6. The highest BCUT2D eigenvalue weighted by atomic mass is 16.1. The van der Waals surface area contributed by atoms with Crippen LogP contribution in [0.3, 0.4) is 0 Å². The number of ketones is 2. The van der Waals surface area contributed by atoms with Crippen molar-refractivity contribution in [3.63, 3.8) is 0 Å². The van der Waals surface area contributed by atoms with Gasteiger partial charge in [-0.15, -0.1) is 0 Å². The van der Waals surface area contributed by atoms with E-state index in [4.69, 9.17) is 0 Å². The van der Waals surface area contributed by atoms with E-state index in [2.05, 4.69) is 35.4 Å². The second-order valence-corrected chi connectivity index (χ2v) is 7.38. The van der Waals surface area contributed by atoms with Gasteiger partial charge in [-0.2, -0.15) is 0 Å². The summed E-state index contributed by atoms with van der Waals surface area (Å²) in [6.45, 7) is 9.93. The second kappa shape index (κ2) is 6.93. The Morgan fingerprint density at radius 1 is 1.07 bits per heavy atom. The first kappa shape index (κ1) is 17.9. The number of aryl methyl sites for hydroxylation is 1. The minimum atomic E-state index is 0.0737. The van der Waals surface area contributed by atoms with Gasteiger partial charge in [0.15, 0.2) is 11.6 Å². The lowest BCUT2D eigenvalue weighted by Gasteiger charge is -2.19. The number of likely N-dealkylation sites (N-methyl/N-ethyl adjacent to an activating group) is 1. The first-order chi connectivity index (χ1) is 13.0. The largest absolute Gasteiger partial charge is 0.339 e. The third-order valence-corrected chi connectivity index (χ3v) is 5.98. The molecule has 4 nitrogen and oxygen atoms in total. The fourth-order valence-corrected chi connectivity index (χ4v) is 4.40. The molecule has 0 saturated carbocycles. The van der Waals surface area contributed by atoms with Crippen molar-refractivity contribution in [1.29, 1.82) is 0 Å². The van der Waals surface area contributed by atoms with Crippen LogP contribution in [0, 0.1) is 0 Å². The Balaban J connectivity index is 1.96. The number of aromatic nitrogens is 1. The maximum Gasteiger partial charge on any atom is 0.163 e. The topological polar surface area (TPSA) is 42.3 Å². The monoisotopic (exact) mass is 362 g/mol. The number of nitrogens with zero attached hydrogens (tertiary/aromatic N) is 2. The fraction of sp³-hybridized carbons (Fsp3) is 0.391. The van der Waals surface area contributed by atoms with E-state index in [1.807, 2.05) is 18.2 Å². The van der Waals surface area contributed by atoms with Crippen molar-refractivity contribution in [1.82, 2.24) is 9.47 Å². The average molecular weight is 362 g/mol. The van der Waals surface area contributed by atoms with Gasteiger partial charge in [0.2, 0.25) is 0 Å². The van der Waals surface area contributed by atoms with Gasteiger partial charge in [-0.25, -0.2) is 0 Å². The molecular weight excluding hydrogens is 336 g/mol. The molecule has 1 aromatic heterocycles. The van der Waals surface area contributed by atoms with E-state index < -0.39 is 0 Å². The van der Waals surface area contributed by atoms with Crippen molar-refractivity contribution in [3.05, 3.63) is 47.0 Å². The van der Waals surface area contributed by atoms with Crippen molar-refractivity contribution < 1.29 is 9.59 Å². The Morgan fingerprint density at radius 3 is 2.52 bits per heavy atom. The molecule has 0 bridgehead atoms. The van der Waals surface area contributed by atoms with Gasteiger partial charge in [0.1, 0.15) is 0 Å². The van der Waals surface area contributed by atoms with Crippen molar-refractivity contribution in [3.8, 4) is 0 Å². The molecule has 1 aliphatic rings. The number of carbonyl (C=O) groups excluding carboxylic acids is 2. The Morgan fingerprint density at radius 2 is 1.81 bits per heavy atom. The minimum absolute atomic E-state index is 0.0737. The Labute approximate surface area is 159 Å². The van der Waals surface area contributed by atoms with Crippen LogP contribution in [0.2, 0.25) is 0 Å². The van der Waals surface area contributed by atoms with Gasteiger partial charge in [-0.05, 0) is 62.3 Å². The molecule has 0 saturated heterocycles. The van der Waals surface area contributed by atoms with Crippen LogP contribution in [-0.2, 0) is 13.0 Å². The molecule has 27 heavy (non-hydrogen) atoms. The molecule has 1 heterocycles. The molecule has 4 rings (SSSR count). The summed E-state index contributed by atoms with van der Waals surface area (Å²) >= 11 is 0. The van der Waals surface area contributed by atoms with Gasteiger partial charge in [-0.3, -0.25) is 9.59 Å². The van der Waals surface area contributed by atoms with Gasteiger partial charge in [0.05, 0.1) is 0 Å². The molecule has 0 unspecified atom stereocenters. The van der Waals surface area contributed by atoms with Gasteiger partial charge >= 0.3 is 0 Å². The molecule has 0 radical (unpaired) electrons. The summed E-state index contributed by atoms with van der Waals surface area (Å²) in [6.07, 6.45) is 1.39. The predicted molar refractivity (Wildman–Crippen MR) is 110 cm³/mol. The summed E-state index contributed by atoms with van der Waals surface area (Å²) in [7, 11) is 0. The Bertz CT molecular complexity index is 1060. The number of benzene rings is 2. The summed E-state index contributed by atoms with van der Waals surface area (Å²) in [4.78, 5) is 26.6. The molecule has 0 N–H and O–H groups in total. The third kappa shape index (κ3) is 2.88. The van der Waals surface area contributed by atoms with Gasteiger partial charge in [0.25, 0.3) is 0 Å². The van der Waals surface area contributed by atoms with E-state index in [0.717, 1.165) is 65.6 Å². The molecule has 0 spiro atoms. The highest BCUT2D eigenvalue weighted by Gasteiger charge is 2.25. The number of hydrogen-bond donors (Lipinski definition) is 0. The van der Waals surface area contributed by atoms with Gasteiger partial charge < -0.3 is 9.47 Å². The minimum Gasteiger partial charge on any atom is -0.339 e. The summed E-state index contributed by atoms with van der Waals surface area (Å²) in [5.41, 5.74) is 5.07. The van der Waals surface area contributed by atoms with Crippen LogP contribution in [-0.4, -0.2) is 40.7 Å². The molecule has 0 fully saturated rings. The molecule has 3 aromatic rings. The molecular formula is C23H26N2O2. The van der Waals surface area contributed by atoms with E-state index in [1.165, 1.54) is 5.52 Å². The molecule has 1 aliphatic carbocycles. The lowest BCUT2D eigenvalue weighted by Crippen LogP contribution is -2.26. The van der Waals surface area contributed by atoms with E-state index in [1.54, 1.807) is 6.92 Å². The van der Waals surface area contributed by atoms with Crippen LogP contribution in [0.5, 0.6) is 0 Å². The summed E-state index contributed by atoms with van der Waals surface area (Å²) < 4.78 is 2.36. The zero-order chi connectivity index (χ0) is 19.1. The van der Waals surface area contributed by atoms with E-state index in [0.29, 0.717) is 6.42 Å². The zero-order valence-electron chi connectivity index (χ0n) is 16.3. The lowest BCUT2D eigenvalue weighted by molar-refractivity contribution is 0.0991. The van der Waals surface area contributed by atoms with Crippen molar-refractivity contribution in [2.45, 2.75) is 40.2 Å². The standard InChI is InChI=1S/C23H26N2O2/c1-4-24(5-2)12-13-25-20-9-6-16(15(3)26)14-19(20)23-18-8-11-22(27)17(18)7-10-21(23)25/h6-7,9-10,14H,4-5,8,11-13H2,1-3H3. The fourth-order valence-electron chi connectivity index (χ4n) is 4.40. The second-order valence-electron chi connectivity index (χ2n) is 7.38. The normalized spacial score (nSPS) is 13.9.